The van der Waals surface area contributed by atoms with Gasteiger partial charge in [-0.25, -0.2) is 0 Å². The Morgan fingerprint density at radius 3 is 2.47 bits per heavy atom. The van der Waals surface area contributed by atoms with Crippen LogP contribution in [0.5, 0.6) is 0 Å². The van der Waals surface area contributed by atoms with Gasteiger partial charge in [-0.1, -0.05) is 72.1 Å². The van der Waals surface area contributed by atoms with E-state index in [-0.39, 0.29) is 22.9 Å². The molecule has 0 heterocycles. The fourth-order valence-corrected chi connectivity index (χ4v) is 8.89. The Kier molecular flexibility index (Phi) is 6.60. The summed E-state index contributed by atoms with van der Waals surface area (Å²) in [6, 6.07) is 0. The van der Waals surface area contributed by atoms with Crippen molar-refractivity contribution < 1.29 is 9.90 Å². The molecule has 0 aromatic heterocycles. The summed E-state index contributed by atoms with van der Waals surface area (Å²) in [7, 11) is 0. The first-order valence-corrected chi connectivity index (χ1v) is 13.7. The number of fused-ring (bicyclic) bond motifs is 4. The number of Topliss-reactive ketones (excluding diaryl/α,β-unsaturated/α-hetero) is 1. The van der Waals surface area contributed by atoms with Crippen molar-refractivity contribution >= 4 is 5.78 Å². The monoisotopic (exact) mass is 440 g/mol. The molecule has 2 nitrogen and oxygen atoms in total. The quantitative estimate of drug-likeness (QED) is 0.434. The summed E-state index contributed by atoms with van der Waals surface area (Å²) in [6.45, 7) is 18.7. The highest BCUT2D eigenvalue weighted by Gasteiger charge is 2.59. The van der Waals surface area contributed by atoms with Crippen LogP contribution in [-0.4, -0.2) is 17.0 Å². The van der Waals surface area contributed by atoms with Gasteiger partial charge < -0.3 is 5.11 Å². The van der Waals surface area contributed by atoms with Crippen LogP contribution in [0.1, 0.15) is 106 Å². The third-order valence-corrected chi connectivity index (χ3v) is 11.0. The molecule has 32 heavy (non-hydrogen) atoms. The molecule has 1 N–H and O–H groups in total. The van der Waals surface area contributed by atoms with Gasteiger partial charge in [-0.2, -0.15) is 0 Å². The molecular formula is C30H48O2. The van der Waals surface area contributed by atoms with Gasteiger partial charge in [-0.3, -0.25) is 4.79 Å². The van der Waals surface area contributed by atoms with Gasteiger partial charge in [0, 0.05) is 12.3 Å². The highest BCUT2D eigenvalue weighted by Crippen LogP contribution is 2.65. The Labute approximate surface area is 197 Å². The lowest BCUT2D eigenvalue weighted by molar-refractivity contribution is -0.121. The van der Waals surface area contributed by atoms with E-state index in [2.05, 4.69) is 48.1 Å². The maximum atomic E-state index is 13.6. The van der Waals surface area contributed by atoms with Crippen LogP contribution in [0, 0.1) is 46.3 Å². The third-order valence-electron chi connectivity index (χ3n) is 11.0. The van der Waals surface area contributed by atoms with Gasteiger partial charge in [0.2, 0.25) is 0 Å². The minimum Gasteiger partial charge on any atom is -0.389 e. The van der Waals surface area contributed by atoms with Gasteiger partial charge in [0.05, 0.1) is 6.10 Å². The van der Waals surface area contributed by atoms with E-state index in [1.807, 2.05) is 0 Å². The lowest BCUT2D eigenvalue weighted by atomic mass is 9.49. The van der Waals surface area contributed by atoms with Gasteiger partial charge in [0.1, 0.15) is 5.78 Å². The standard InChI is InChI=1S/C30H48O2/c1-8-21(18(2)3)10-9-19(4)25-17-27(32)28-22-11-12-23-20(5)26(31)14-16-29(23,6)24(22)13-15-30(25,28)7/h18-19,21,23,25-26,28,31H,5,8-17H2,1-4,6-7H3/t19-,21+,23+,25-,26+,28-,29+,30-/m1/s1. The molecular weight excluding hydrogens is 392 g/mol. The maximum absolute atomic E-state index is 13.6. The Bertz CT molecular complexity index is 791. The fourth-order valence-electron chi connectivity index (χ4n) is 8.89. The Morgan fingerprint density at radius 2 is 1.81 bits per heavy atom. The molecule has 0 spiro atoms. The van der Waals surface area contributed by atoms with Crippen LogP contribution in [0.4, 0.5) is 0 Å². The molecule has 2 saturated carbocycles. The van der Waals surface area contributed by atoms with Crippen molar-refractivity contribution in [1.29, 1.82) is 0 Å². The third kappa shape index (κ3) is 3.68. The molecule has 4 aliphatic rings. The van der Waals surface area contributed by atoms with E-state index in [9.17, 15) is 9.90 Å². The number of ketones is 1. The van der Waals surface area contributed by atoms with Crippen LogP contribution >= 0.6 is 0 Å². The van der Waals surface area contributed by atoms with Crippen LogP contribution in [0.25, 0.3) is 0 Å². The number of aliphatic hydroxyl groups is 1. The SMILES string of the molecule is C=C1[C@@H](O)CC[C@]2(C)C3=C(CC[C@@H]12)[C@@H]1C(=O)C[C@H]([C@H](C)CC[C@H](CC)C(C)C)[C@@]1(C)CC3. The topological polar surface area (TPSA) is 37.3 Å². The lowest BCUT2D eigenvalue weighted by Gasteiger charge is -2.55. The average molecular weight is 441 g/mol. The van der Waals surface area contributed by atoms with E-state index in [1.165, 1.54) is 24.8 Å². The van der Waals surface area contributed by atoms with Gasteiger partial charge in [0.25, 0.3) is 0 Å². The second-order valence-corrected chi connectivity index (χ2v) is 12.8. The molecule has 0 amide bonds. The van der Waals surface area contributed by atoms with Gasteiger partial charge >= 0.3 is 0 Å². The van der Waals surface area contributed by atoms with Gasteiger partial charge in [-0.15, -0.1) is 0 Å². The van der Waals surface area contributed by atoms with Crippen LogP contribution in [-0.2, 0) is 4.79 Å². The van der Waals surface area contributed by atoms with E-state index in [4.69, 9.17) is 0 Å². The number of hydrogen-bond acceptors (Lipinski definition) is 2. The van der Waals surface area contributed by atoms with Crippen LogP contribution in [0.3, 0.4) is 0 Å². The molecule has 0 bridgehead atoms. The molecule has 0 aliphatic heterocycles. The lowest BCUT2D eigenvalue weighted by Crippen LogP contribution is -2.47. The van der Waals surface area contributed by atoms with Crippen molar-refractivity contribution in [3.63, 3.8) is 0 Å². The van der Waals surface area contributed by atoms with E-state index < -0.39 is 0 Å². The van der Waals surface area contributed by atoms with Crippen LogP contribution in [0.15, 0.2) is 23.3 Å². The van der Waals surface area contributed by atoms with Crippen molar-refractivity contribution in [1.82, 2.24) is 0 Å². The number of allylic oxidation sites excluding steroid dienone is 2. The summed E-state index contributed by atoms with van der Waals surface area (Å²) in [6.07, 6.45) is 10.6. The zero-order chi connectivity index (χ0) is 23.4. The van der Waals surface area contributed by atoms with E-state index in [1.54, 1.807) is 5.57 Å². The first-order valence-electron chi connectivity index (χ1n) is 13.7. The number of rotatable bonds is 6. The molecule has 0 aromatic rings. The summed E-state index contributed by atoms with van der Waals surface area (Å²) in [5.41, 5.74) is 4.43. The fraction of sp³-hybridized carbons (Fsp3) is 0.833. The number of carbonyl (C=O) groups is 1. The predicted octanol–water partition coefficient (Wildman–Crippen LogP) is 7.51. The average Bonchev–Trinajstić information content (AvgIpc) is 3.02. The smallest absolute Gasteiger partial charge is 0.140 e. The zero-order valence-electron chi connectivity index (χ0n) is 21.7. The predicted molar refractivity (Wildman–Crippen MR) is 133 cm³/mol. The van der Waals surface area contributed by atoms with E-state index in [0.717, 1.165) is 62.4 Å². The summed E-state index contributed by atoms with van der Waals surface area (Å²) in [5, 5.41) is 10.4. The van der Waals surface area contributed by atoms with Crippen molar-refractivity contribution in [3.8, 4) is 0 Å². The summed E-state index contributed by atoms with van der Waals surface area (Å²) in [4.78, 5) is 13.6. The van der Waals surface area contributed by atoms with Gasteiger partial charge in [-0.05, 0) is 90.9 Å². The highest BCUT2D eigenvalue weighted by molar-refractivity contribution is 5.88. The molecule has 2 heteroatoms. The van der Waals surface area contributed by atoms with E-state index in [0.29, 0.717) is 23.5 Å². The number of carbonyl (C=O) groups excluding carboxylic acids is 1. The molecule has 0 radical (unpaired) electrons. The van der Waals surface area contributed by atoms with Crippen molar-refractivity contribution in [2.75, 3.05) is 0 Å². The normalized spacial score (nSPS) is 41.4. The molecule has 8 atom stereocenters. The van der Waals surface area contributed by atoms with Crippen LogP contribution in [0.2, 0.25) is 0 Å². The van der Waals surface area contributed by atoms with Crippen molar-refractivity contribution in [2.45, 2.75) is 112 Å². The zero-order valence-corrected chi connectivity index (χ0v) is 21.7. The van der Waals surface area contributed by atoms with Crippen molar-refractivity contribution in [3.05, 3.63) is 23.3 Å². The minimum atomic E-state index is -0.333. The number of aliphatic hydroxyl groups excluding tert-OH is 1. The summed E-state index contributed by atoms with van der Waals surface area (Å²) >= 11 is 0. The molecule has 4 rings (SSSR count). The second-order valence-electron chi connectivity index (χ2n) is 12.8. The van der Waals surface area contributed by atoms with Gasteiger partial charge in [0.15, 0.2) is 0 Å². The maximum Gasteiger partial charge on any atom is 0.140 e. The molecule has 2 fully saturated rings. The number of hydrogen-bond donors (Lipinski definition) is 1. The summed E-state index contributed by atoms with van der Waals surface area (Å²) < 4.78 is 0. The Hall–Kier alpha value is -0.890. The minimum absolute atomic E-state index is 0.112. The molecule has 0 unspecified atom stereocenters. The first kappa shape index (κ1) is 24.2. The Morgan fingerprint density at radius 1 is 1.09 bits per heavy atom. The summed E-state index contributed by atoms with van der Waals surface area (Å²) in [5.74, 6) is 3.80. The molecule has 4 aliphatic carbocycles. The molecule has 0 saturated heterocycles. The van der Waals surface area contributed by atoms with E-state index >= 15 is 0 Å². The largest absolute Gasteiger partial charge is 0.389 e. The van der Waals surface area contributed by atoms with Crippen molar-refractivity contribution in [2.24, 2.45) is 46.3 Å². The second kappa shape index (κ2) is 8.71. The first-order chi connectivity index (χ1) is 15.0. The molecule has 180 valence electrons. The highest BCUT2D eigenvalue weighted by atomic mass is 16.3. The van der Waals surface area contributed by atoms with Crippen LogP contribution < -0.4 is 0 Å². The Balaban J connectivity index is 1.58. The molecule has 0 aromatic carbocycles.